The lowest BCUT2D eigenvalue weighted by molar-refractivity contribution is 0.477. The molecule has 172 valence electrons. The molecule has 0 amide bonds. The Balaban J connectivity index is 1.68. The number of fused-ring (bicyclic) bond motifs is 1. The van der Waals surface area contributed by atoms with Gasteiger partial charge in [0.05, 0.1) is 12.1 Å². The lowest BCUT2D eigenvalue weighted by atomic mass is 10.0. The fourth-order valence-electron chi connectivity index (χ4n) is 4.08. The second-order valence-electron chi connectivity index (χ2n) is 8.01. The number of hydrogen-bond donors (Lipinski definition) is 3. The number of rotatable bonds is 4. The van der Waals surface area contributed by atoms with Crippen molar-refractivity contribution in [2.45, 2.75) is 6.42 Å². The molecule has 35 heavy (non-hydrogen) atoms. The topological polar surface area (TPSA) is 96.4 Å². The van der Waals surface area contributed by atoms with Gasteiger partial charge in [-0.25, -0.2) is 9.50 Å². The zero-order chi connectivity index (χ0) is 24.4. The van der Waals surface area contributed by atoms with Crippen molar-refractivity contribution in [3.8, 4) is 39.8 Å². The fraction of sp³-hybridized carbons (Fsp3) is 0.0714. The Hall–Kier alpha value is -4.31. The molecule has 2 aromatic heterocycles. The third kappa shape index (κ3) is 4.43. The summed E-state index contributed by atoms with van der Waals surface area (Å²) in [6.07, 6.45) is 2.08. The van der Waals surface area contributed by atoms with Gasteiger partial charge in [-0.05, 0) is 41.5 Å². The SMILES string of the molecule is NCC#Cc1ccc(-c2cnc3c(-c4ccc(Cl)cc4)c(Cc4ccccc4)[nH]n3c2=O)c(O)c1. The molecule has 0 atom stereocenters. The van der Waals surface area contributed by atoms with Crippen molar-refractivity contribution < 1.29 is 5.11 Å². The normalized spacial score (nSPS) is 10.8. The molecule has 3 aromatic carbocycles. The first-order valence-corrected chi connectivity index (χ1v) is 11.4. The Kier molecular flexibility index (Phi) is 6.11. The minimum absolute atomic E-state index is 0.0540. The van der Waals surface area contributed by atoms with Crippen LogP contribution < -0.4 is 11.3 Å². The molecular formula is C28H21ClN4O2. The summed E-state index contributed by atoms with van der Waals surface area (Å²) in [7, 11) is 0. The number of phenolic OH excluding ortho intramolecular Hbond substituents is 1. The van der Waals surface area contributed by atoms with Gasteiger partial charge in [-0.2, -0.15) is 0 Å². The molecular weight excluding hydrogens is 460 g/mol. The van der Waals surface area contributed by atoms with E-state index < -0.39 is 0 Å². The van der Waals surface area contributed by atoms with Crippen LogP contribution in [0.25, 0.3) is 27.9 Å². The summed E-state index contributed by atoms with van der Waals surface area (Å²) in [4.78, 5) is 18.2. The van der Waals surface area contributed by atoms with E-state index in [1.165, 1.54) is 16.8 Å². The Morgan fingerprint density at radius 2 is 1.80 bits per heavy atom. The molecule has 0 aliphatic heterocycles. The lowest BCUT2D eigenvalue weighted by Crippen LogP contribution is -2.17. The van der Waals surface area contributed by atoms with Crippen molar-refractivity contribution in [3.63, 3.8) is 0 Å². The number of H-pyrrole nitrogens is 1. The number of phenols is 1. The Morgan fingerprint density at radius 1 is 1.03 bits per heavy atom. The van der Waals surface area contributed by atoms with E-state index in [-0.39, 0.29) is 23.4 Å². The van der Waals surface area contributed by atoms with Gasteiger partial charge >= 0.3 is 0 Å². The molecule has 2 heterocycles. The van der Waals surface area contributed by atoms with Crippen LogP contribution in [0.2, 0.25) is 5.02 Å². The average molecular weight is 481 g/mol. The van der Waals surface area contributed by atoms with Crippen LogP contribution in [0.4, 0.5) is 0 Å². The molecule has 0 aliphatic carbocycles. The molecule has 5 aromatic rings. The van der Waals surface area contributed by atoms with Crippen LogP contribution in [0.5, 0.6) is 5.75 Å². The van der Waals surface area contributed by atoms with Crippen LogP contribution in [0.3, 0.4) is 0 Å². The number of halogens is 1. The number of hydrogen-bond acceptors (Lipinski definition) is 4. The van der Waals surface area contributed by atoms with Crippen LogP contribution in [-0.4, -0.2) is 26.2 Å². The summed E-state index contributed by atoms with van der Waals surface area (Å²) in [6.45, 7) is 0.221. The largest absolute Gasteiger partial charge is 0.507 e. The molecule has 0 aliphatic rings. The first-order chi connectivity index (χ1) is 17.0. The molecule has 0 radical (unpaired) electrons. The predicted octanol–water partition coefficient (Wildman–Crippen LogP) is 4.62. The summed E-state index contributed by atoms with van der Waals surface area (Å²) >= 11 is 6.11. The molecule has 5 rings (SSSR count). The second kappa shape index (κ2) is 9.51. The number of aromatic amines is 1. The van der Waals surface area contributed by atoms with Gasteiger partial charge in [0.15, 0.2) is 5.65 Å². The van der Waals surface area contributed by atoms with Crippen molar-refractivity contribution in [2.75, 3.05) is 6.54 Å². The summed E-state index contributed by atoms with van der Waals surface area (Å²) in [5.41, 5.74) is 10.5. The van der Waals surface area contributed by atoms with E-state index in [2.05, 4.69) is 21.9 Å². The van der Waals surface area contributed by atoms with Crippen molar-refractivity contribution in [3.05, 3.63) is 111 Å². The number of nitrogens with two attached hydrogens (primary N) is 1. The van der Waals surface area contributed by atoms with Crippen LogP contribution in [-0.2, 0) is 6.42 Å². The van der Waals surface area contributed by atoms with Crippen molar-refractivity contribution in [2.24, 2.45) is 5.73 Å². The number of nitrogens with one attached hydrogen (secondary N) is 1. The van der Waals surface area contributed by atoms with Gasteiger partial charge in [0.2, 0.25) is 0 Å². The van der Waals surface area contributed by atoms with Crippen molar-refractivity contribution >= 4 is 17.2 Å². The Morgan fingerprint density at radius 3 is 2.51 bits per heavy atom. The molecule has 7 heteroatoms. The molecule has 4 N–H and O–H groups in total. The van der Waals surface area contributed by atoms with E-state index in [0.717, 1.165) is 22.4 Å². The Labute approximate surface area is 206 Å². The monoisotopic (exact) mass is 480 g/mol. The maximum atomic E-state index is 13.6. The molecule has 0 saturated heterocycles. The van der Waals surface area contributed by atoms with Gasteiger partial charge in [-0.15, -0.1) is 0 Å². The van der Waals surface area contributed by atoms with E-state index in [1.807, 2.05) is 54.6 Å². The van der Waals surface area contributed by atoms with Crippen LogP contribution in [0, 0.1) is 11.8 Å². The van der Waals surface area contributed by atoms with Crippen molar-refractivity contribution in [1.82, 2.24) is 14.6 Å². The van der Waals surface area contributed by atoms with Gasteiger partial charge in [0.25, 0.3) is 5.56 Å². The first kappa shape index (κ1) is 22.5. The third-order valence-corrected chi connectivity index (χ3v) is 5.96. The van der Waals surface area contributed by atoms with Gasteiger partial charge < -0.3 is 10.8 Å². The zero-order valence-corrected chi connectivity index (χ0v) is 19.4. The van der Waals surface area contributed by atoms with E-state index in [9.17, 15) is 9.90 Å². The number of aromatic nitrogens is 3. The average Bonchev–Trinajstić information content (AvgIpc) is 3.23. The highest BCUT2D eigenvalue weighted by molar-refractivity contribution is 6.30. The van der Waals surface area contributed by atoms with E-state index >= 15 is 0 Å². The summed E-state index contributed by atoms with van der Waals surface area (Å²) in [5.74, 6) is 5.57. The van der Waals surface area contributed by atoms with Gasteiger partial charge in [-0.1, -0.05) is 65.9 Å². The molecule has 0 unspecified atom stereocenters. The van der Waals surface area contributed by atoms with Gasteiger partial charge in [-0.3, -0.25) is 9.89 Å². The van der Waals surface area contributed by atoms with Gasteiger partial charge in [0, 0.05) is 40.0 Å². The highest BCUT2D eigenvalue weighted by Crippen LogP contribution is 2.32. The second-order valence-corrected chi connectivity index (χ2v) is 8.44. The highest BCUT2D eigenvalue weighted by atomic mass is 35.5. The summed E-state index contributed by atoms with van der Waals surface area (Å²) < 4.78 is 1.43. The van der Waals surface area contributed by atoms with E-state index in [1.54, 1.807) is 12.1 Å². The predicted molar refractivity (Wildman–Crippen MR) is 139 cm³/mol. The first-order valence-electron chi connectivity index (χ1n) is 11.0. The van der Waals surface area contributed by atoms with Crippen LogP contribution in [0.15, 0.2) is 83.8 Å². The minimum Gasteiger partial charge on any atom is -0.507 e. The number of nitrogens with zero attached hydrogens (tertiary/aromatic N) is 2. The van der Waals surface area contributed by atoms with Crippen LogP contribution >= 0.6 is 11.6 Å². The maximum absolute atomic E-state index is 13.6. The summed E-state index contributed by atoms with van der Waals surface area (Å²) in [5, 5.41) is 14.5. The molecule has 0 bridgehead atoms. The quantitative estimate of drug-likeness (QED) is 0.327. The third-order valence-electron chi connectivity index (χ3n) is 5.71. The molecule has 0 fully saturated rings. The summed E-state index contributed by atoms with van der Waals surface area (Å²) in [6, 6.07) is 22.3. The number of aromatic hydroxyl groups is 1. The zero-order valence-electron chi connectivity index (χ0n) is 18.6. The smallest absolute Gasteiger partial charge is 0.280 e. The fourth-order valence-corrected chi connectivity index (χ4v) is 4.21. The number of benzene rings is 3. The molecule has 6 nitrogen and oxygen atoms in total. The van der Waals surface area contributed by atoms with E-state index in [4.69, 9.17) is 17.3 Å². The Bertz CT molecular complexity index is 1640. The van der Waals surface area contributed by atoms with E-state index in [0.29, 0.717) is 28.2 Å². The minimum atomic E-state index is -0.319. The lowest BCUT2D eigenvalue weighted by Gasteiger charge is -2.06. The van der Waals surface area contributed by atoms with Crippen LogP contribution in [0.1, 0.15) is 16.8 Å². The molecule has 0 saturated carbocycles. The molecule has 0 spiro atoms. The maximum Gasteiger partial charge on any atom is 0.280 e. The standard InChI is InChI=1S/C28H21ClN4O2/c29-21-11-9-20(10-12-21)26-24(15-18-5-2-1-3-6-18)32-33-27(26)31-17-23(28(33)35)22-13-8-19(7-4-14-30)16-25(22)34/h1-3,5-6,8-13,16-17,32,34H,14-15,30H2. The van der Waals surface area contributed by atoms with Crippen molar-refractivity contribution in [1.29, 1.82) is 0 Å². The highest BCUT2D eigenvalue weighted by Gasteiger charge is 2.19. The van der Waals surface area contributed by atoms with Gasteiger partial charge in [0.1, 0.15) is 5.75 Å².